The smallest absolute Gasteiger partial charge is 0.224 e. The van der Waals surface area contributed by atoms with E-state index < -0.39 is 5.54 Å². The monoisotopic (exact) mass is 399 g/mol. The molecule has 3 aromatic rings. The fourth-order valence-electron chi connectivity index (χ4n) is 4.57. The molecule has 0 aliphatic carbocycles. The first kappa shape index (κ1) is 20.3. The minimum atomic E-state index is -0.436. The number of carbonyl (C=O) groups is 1. The average Bonchev–Trinajstić information content (AvgIpc) is 2.77. The number of piperidine rings is 1. The predicted molar refractivity (Wildman–Crippen MR) is 121 cm³/mol. The standard InChI is InChI=1S/C26H29N3O/c1-21-13-14-25(27-19-21)26(29(22(2)30)24-11-7-4-8-12-24)15-17-28(18-16-26)20-23-9-5-3-6-10-23/h3-14,19H,15-18,20H2,1-2H3. The summed E-state index contributed by atoms with van der Waals surface area (Å²) in [5.74, 6) is 0.0556. The van der Waals surface area contributed by atoms with Crippen LogP contribution < -0.4 is 4.90 Å². The quantitative estimate of drug-likeness (QED) is 0.610. The molecule has 0 N–H and O–H groups in total. The highest BCUT2D eigenvalue weighted by atomic mass is 16.2. The van der Waals surface area contributed by atoms with Crippen LogP contribution >= 0.6 is 0 Å². The Morgan fingerprint density at radius 3 is 2.17 bits per heavy atom. The number of anilines is 1. The lowest BCUT2D eigenvalue weighted by Crippen LogP contribution is -2.55. The molecule has 1 amide bonds. The molecule has 2 heterocycles. The highest BCUT2D eigenvalue weighted by molar-refractivity contribution is 5.93. The van der Waals surface area contributed by atoms with Gasteiger partial charge in [0.25, 0.3) is 0 Å². The van der Waals surface area contributed by atoms with Gasteiger partial charge in [-0.15, -0.1) is 0 Å². The van der Waals surface area contributed by atoms with Crippen molar-refractivity contribution in [2.45, 2.75) is 38.8 Å². The number of benzene rings is 2. The van der Waals surface area contributed by atoms with Gasteiger partial charge in [-0.25, -0.2) is 0 Å². The molecule has 0 saturated carbocycles. The molecule has 0 atom stereocenters. The lowest BCUT2D eigenvalue weighted by Gasteiger charge is -2.48. The van der Waals surface area contributed by atoms with Crippen molar-refractivity contribution >= 4 is 11.6 Å². The molecule has 0 unspecified atom stereocenters. The maximum absolute atomic E-state index is 12.9. The van der Waals surface area contributed by atoms with E-state index in [0.717, 1.165) is 49.4 Å². The number of hydrogen-bond donors (Lipinski definition) is 0. The molecule has 2 aromatic carbocycles. The largest absolute Gasteiger partial charge is 0.301 e. The van der Waals surface area contributed by atoms with Crippen LogP contribution in [0, 0.1) is 6.92 Å². The first-order valence-corrected chi connectivity index (χ1v) is 10.6. The zero-order valence-electron chi connectivity index (χ0n) is 17.8. The molecule has 0 spiro atoms. The predicted octanol–water partition coefficient (Wildman–Crippen LogP) is 4.93. The number of hydrogen-bond acceptors (Lipinski definition) is 3. The Bertz CT molecular complexity index is 962. The number of aryl methyl sites for hydroxylation is 1. The molecule has 1 saturated heterocycles. The molecular weight excluding hydrogens is 370 g/mol. The Morgan fingerprint density at radius 2 is 1.60 bits per heavy atom. The van der Waals surface area contributed by atoms with E-state index in [-0.39, 0.29) is 5.91 Å². The van der Waals surface area contributed by atoms with Gasteiger partial charge in [-0.1, -0.05) is 54.6 Å². The first-order valence-electron chi connectivity index (χ1n) is 10.6. The van der Waals surface area contributed by atoms with Gasteiger partial charge in [0.2, 0.25) is 5.91 Å². The van der Waals surface area contributed by atoms with Gasteiger partial charge in [0.15, 0.2) is 0 Å². The number of para-hydroxylation sites is 1. The van der Waals surface area contributed by atoms with E-state index in [1.54, 1.807) is 6.92 Å². The maximum Gasteiger partial charge on any atom is 0.224 e. The molecule has 4 heteroatoms. The third-order valence-corrected chi connectivity index (χ3v) is 6.08. The van der Waals surface area contributed by atoms with Crippen molar-refractivity contribution < 1.29 is 4.79 Å². The van der Waals surface area contributed by atoms with Crippen molar-refractivity contribution in [1.82, 2.24) is 9.88 Å². The van der Waals surface area contributed by atoms with E-state index in [1.807, 2.05) is 48.4 Å². The Balaban J connectivity index is 1.67. The van der Waals surface area contributed by atoms with Crippen LogP contribution in [0.4, 0.5) is 5.69 Å². The summed E-state index contributed by atoms with van der Waals surface area (Å²) in [4.78, 5) is 22.2. The van der Waals surface area contributed by atoms with Crippen molar-refractivity contribution in [1.29, 1.82) is 0 Å². The van der Waals surface area contributed by atoms with Crippen LogP contribution in [0.1, 0.15) is 36.6 Å². The van der Waals surface area contributed by atoms with Crippen molar-refractivity contribution in [2.75, 3.05) is 18.0 Å². The van der Waals surface area contributed by atoms with Crippen LogP contribution in [-0.4, -0.2) is 28.9 Å². The van der Waals surface area contributed by atoms with Gasteiger partial charge in [-0.05, 0) is 49.1 Å². The number of pyridine rings is 1. The molecule has 30 heavy (non-hydrogen) atoms. The number of nitrogens with zero attached hydrogens (tertiary/aromatic N) is 3. The second-order valence-electron chi connectivity index (χ2n) is 8.20. The van der Waals surface area contributed by atoms with Gasteiger partial charge >= 0.3 is 0 Å². The number of carbonyl (C=O) groups excluding carboxylic acids is 1. The fourth-order valence-corrected chi connectivity index (χ4v) is 4.57. The molecule has 4 nitrogen and oxygen atoms in total. The van der Waals surface area contributed by atoms with Crippen LogP contribution in [0.3, 0.4) is 0 Å². The molecule has 1 aliphatic rings. The molecule has 1 aliphatic heterocycles. The molecule has 1 aromatic heterocycles. The van der Waals surface area contributed by atoms with E-state index in [9.17, 15) is 4.79 Å². The second kappa shape index (κ2) is 8.80. The highest BCUT2D eigenvalue weighted by Gasteiger charge is 2.44. The Morgan fingerprint density at radius 1 is 0.967 bits per heavy atom. The summed E-state index contributed by atoms with van der Waals surface area (Å²) in [7, 11) is 0. The van der Waals surface area contributed by atoms with Crippen LogP contribution in [0.25, 0.3) is 0 Å². The topological polar surface area (TPSA) is 36.4 Å². The van der Waals surface area contributed by atoms with Gasteiger partial charge in [0.05, 0.1) is 11.2 Å². The number of amides is 1. The maximum atomic E-state index is 12.9. The van der Waals surface area contributed by atoms with Crippen molar-refractivity contribution in [3.63, 3.8) is 0 Å². The summed E-state index contributed by atoms with van der Waals surface area (Å²) >= 11 is 0. The third-order valence-electron chi connectivity index (χ3n) is 6.08. The van der Waals surface area contributed by atoms with E-state index in [4.69, 9.17) is 4.98 Å². The summed E-state index contributed by atoms with van der Waals surface area (Å²) in [6.45, 7) is 6.48. The molecule has 4 rings (SSSR count). The number of likely N-dealkylation sites (tertiary alicyclic amines) is 1. The zero-order valence-corrected chi connectivity index (χ0v) is 17.8. The summed E-state index contributed by atoms with van der Waals surface area (Å²) < 4.78 is 0. The normalized spacial score (nSPS) is 16.2. The van der Waals surface area contributed by atoms with E-state index in [1.165, 1.54) is 5.56 Å². The average molecular weight is 400 g/mol. The van der Waals surface area contributed by atoms with E-state index in [0.29, 0.717) is 0 Å². The van der Waals surface area contributed by atoms with Crippen molar-refractivity contribution in [3.05, 3.63) is 95.8 Å². The van der Waals surface area contributed by atoms with Gasteiger partial charge in [-0.3, -0.25) is 14.7 Å². The van der Waals surface area contributed by atoms with Gasteiger partial charge in [-0.2, -0.15) is 0 Å². The minimum Gasteiger partial charge on any atom is -0.301 e. The van der Waals surface area contributed by atoms with Crippen LogP contribution in [0.2, 0.25) is 0 Å². The van der Waals surface area contributed by atoms with Crippen molar-refractivity contribution in [2.24, 2.45) is 0 Å². The Hall–Kier alpha value is -2.98. The third kappa shape index (κ3) is 4.14. The fraction of sp³-hybridized carbons (Fsp3) is 0.308. The summed E-state index contributed by atoms with van der Waals surface area (Å²) in [6.07, 6.45) is 3.62. The second-order valence-corrected chi connectivity index (χ2v) is 8.20. The zero-order chi connectivity index (χ0) is 21.0. The molecule has 0 radical (unpaired) electrons. The molecule has 0 bridgehead atoms. The summed E-state index contributed by atoms with van der Waals surface area (Å²) in [6, 6.07) is 24.8. The lowest BCUT2D eigenvalue weighted by molar-refractivity contribution is -0.118. The summed E-state index contributed by atoms with van der Waals surface area (Å²) in [5, 5.41) is 0. The number of rotatable bonds is 5. The Kier molecular flexibility index (Phi) is 5.96. The molecular formula is C26H29N3O. The SMILES string of the molecule is CC(=O)N(c1ccccc1)C1(c2ccc(C)cn2)CCN(Cc2ccccc2)CC1. The van der Waals surface area contributed by atoms with Crippen LogP contribution in [-0.2, 0) is 16.9 Å². The minimum absolute atomic E-state index is 0.0556. The lowest BCUT2D eigenvalue weighted by atomic mass is 9.81. The van der Waals surface area contributed by atoms with Crippen LogP contribution in [0.15, 0.2) is 79.0 Å². The summed E-state index contributed by atoms with van der Waals surface area (Å²) in [5.41, 5.74) is 3.93. The first-order chi connectivity index (χ1) is 14.6. The van der Waals surface area contributed by atoms with Gasteiger partial charge in [0.1, 0.15) is 0 Å². The van der Waals surface area contributed by atoms with Gasteiger partial charge < -0.3 is 4.90 Å². The molecule has 154 valence electrons. The highest BCUT2D eigenvalue weighted by Crippen LogP contribution is 2.41. The molecule has 1 fully saturated rings. The van der Waals surface area contributed by atoms with Crippen LogP contribution in [0.5, 0.6) is 0 Å². The van der Waals surface area contributed by atoms with E-state index in [2.05, 4.69) is 47.4 Å². The van der Waals surface area contributed by atoms with Crippen molar-refractivity contribution in [3.8, 4) is 0 Å². The Labute approximate surface area is 179 Å². The number of aromatic nitrogens is 1. The van der Waals surface area contributed by atoms with E-state index >= 15 is 0 Å². The van der Waals surface area contributed by atoms with Gasteiger partial charge in [0, 0.05) is 38.4 Å².